The summed E-state index contributed by atoms with van der Waals surface area (Å²) in [6.45, 7) is 6.96. The summed E-state index contributed by atoms with van der Waals surface area (Å²) in [6, 6.07) is 6.01. The van der Waals surface area contributed by atoms with Gasteiger partial charge >= 0.3 is 0 Å². The summed E-state index contributed by atoms with van der Waals surface area (Å²) in [4.78, 5) is 14.3. The largest absolute Gasteiger partial charge is 0.496 e. The van der Waals surface area contributed by atoms with E-state index in [4.69, 9.17) is 4.74 Å². The molecule has 1 aliphatic rings. The molecule has 1 saturated heterocycles. The Labute approximate surface area is 127 Å². The molecule has 1 aromatic rings. The Kier molecular flexibility index (Phi) is 5.23. The fourth-order valence-electron chi connectivity index (χ4n) is 2.89. The second-order valence-corrected chi connectivity index (χ2v) is 5.76. The zero-order chi connectivity index (χ0) is 15.4. The molecule has 0 saturated carbocycles. The van der Waals surface area contributed by atoms with E-state index in [-0.39, 0.29) is 18.1 Å². The lowest BCUT2D eigenvalue weighted by Gasteiger charge is -2.25. The minimum Gasteiger partial charge on any atom is -0.496 e. The molecule has 4 nitrogen and oxygen atoms in total. The Morgan fingerprint density at radius 2 is 2.10 bits per heavy atom. The Hall–Kier alpha value is -1.55. The third kappa shape index (κ3) is 3.38. The number of amides is 1. The first-order valence-electron chi connectivity index (χ1n) is 7.79. The molecule has 1 N–H and O–H groups in total. The monoisotopic (exact) mass is 290 g/mol. The number of methoxy groups -OCH3 is 1. The molecule has 1 aromatic carbocycles. The highest BCUT2D eigenvalue weighted by atomic mass is 16.5. The molecule has 0 radical (unpaired) electrons. The average molecular weight is 290 g/mol. The molecule has 1 aliphatic heterocycles. The molecular weight excluding hydrogens is 264 g/mol. The van der Waals surface area contributed by atoms with E-state index in [1.807, 2.05) is 30.9 Å². The third-order valence-electron chi connectivity index (χ3n) is 4.11. The molecule has 1 heterocycles. The molecule has 116 valence electrons. The van der Waals surface area contributed by atoms with Gasteiger partial charge in [0.15, 0.2) is 0 Å². The molecule has 0 aliphatic carbocycles. The van der Waals surface area contributed by atoms with E-state index >= 15 is 0 Å². The van der Waals surface area contributed by atoms with Gasteiger partial charge in [0.25, 0.3) is 0 Å². The van der Waals surface area contributed by atoms with Gasteiger partial charge in [-0.2, -0.15) is 0 Å². The van der Waals surface area contributed by atoms with Crippen molar-refractivity contribution in [2.24, 2.45) is 0 Å². The van der Waals surface area contributed by atoms with E-state index in [1.165, 1.54) is 0 Å². The zero-order valence-corrected chi connectivity index (χ0v) is 13.5. The normalized spacial score (nSPS) is 21.9. The maximum Gasteiger partial charge on any atom is 0.241 e. The number of nitrogens with zero attached hydrogens (tertiary/aromatic N) is 1. The molecular formula is C17H26N2O2. The fraction of sp³-hybridized carbons (Fsp3) is 0.588. The number of rotatable bonds is 6. The van der Waals surface area contributed by atoms with Crippen molar-refractivity contribution in [2.45, 2.75) is 52.2 Å². The third-order valence-corrected chi connectivity index (χ3v) is 4.11. The number of aryl methyl sites for hydroxylation is 1. The summed E-state index contributed by atoms with van der Waals surface area (Å²) >= 11 is 0. The molecule has 2 rings (SSSR count). The van der Waals surface area contributed by atoms with Gasteiger partial charge in [0.05, 0.1) is 13.2 Å². The molecule has 1 fully saturated rings. The lowest BCUT2D eigenvalue weighted by molar-refractivity contribution is -0.129. The van der Waals surface area contributed by atoms with Crippen LogP contribution in [-0.4, -0.2) is 30.5 Å². The van der Waals surface area contributed by atoms with Crippen LogP contribution in [0.15, 0.2) is 18.2 Å². The summed E-state index contributed by atoms with van der Waals surface area (Å²) in [5.74, 6) is 1.08. The first-order chi connectivity index (χ1) is 10.1. The zero-order valence-electron chi connectivity index (χ0n) is 13.5. The van der Waals surface area contributed by atoms with Crippen LogP contribution in [0.1, 0.15) is 50.4 Å². The summed E-state index contributed by atoms with van der Waals surface area (Å²) in [7, 11) is 1.68. The number of carbonyl (C=O) groups is 1. The van der Waals surface area contributed by atoms with E-state index in [0.717, 1.165) is 42.7 Å². The van der Waals surface area contributed by atoms with E-state index in [9.17, 15) is 4.79 Å². The Morgan fingerprint density at radius 1 is 1.33 bits per heavy atom. The molecule has 4 heteroatoms. The van der Waals surface area contributed by atoms with E-state index in [0.29, 0.717) is 0 Å². The second-order valence-electron chi connectivity index (χ2n) is 5.76. The standard InChI is InChI=1S/C17H26N2O2/c1-5-6-7-10-19-16(18-13(3)17(19)20)14-8-9-15(21-4)12(2)11-14/h8-9,11,13,16,18H,5-7,10H2,1-4H3. The Balaban J connectivity index is 2.19. The molecule has 21 heavy (non-hydrogen) atoms. The number of benzene rings is 1. The molecule has 0 aromatic heterocycles. The van der Waals surface area contributed by atoms with Gasteiger partial charge in [-0.1, -0.05) is 25.8 Å². The van der Waals surface area contributed by atoms with Gasteiger partial charge in [-0.3, -0.25) is 10.1 Å². The van der Waals surface area contributed by atoms with Crippen molar-refractivity contribution in [1.82, 2.24) is 10.2 Å². The second kappa shape index (κ2) is 6.94. The number of carbonyl (C=O) groups excluding carboxylic acids is 1. The first-order valence-corrected chi connectivity index (χ1v) is 7.79. The number of hydrogen-bond acceptors (Lipinski definition) is 3. The smallest absolute Gasteiger partial charge is 0.241 e. The highest BCUT2D eigenvalue weighted by Crippen LogP contribution is 2.29. The highest BCUT2D eigenvalue weighted by Gasteiger charge is 2.36. The van der Waals surface area contributed by atoms with Crippen LogP contribution in [0.25, 0.3) is 0 Å². The van der Waals surface area contributed by atoms with Crippen LogP contribution in [0.4, 0.5) is 0 Å². The lowest BCUT2D eigenvalue weighted by Crippen LogP contribution is -2.31. The molecule has 0 bridgehead atoms. The van der Waals surface area contributed by atoms with Crippen molar-refractivity contribution in [3.05, 3.63) is 29.3 Å². The summed E-state index contributed by atoms with van der Waals surface area (Å²) in [5, 5.41) is 3.40. The number of nitrogens with one attached hydrogen (secondary N) is 1. The van der Waals surface area contributed by atoms with Crippen LogP contribution in [-0.2, 0) is 4.79 Å². The van der Waals surface area contributed by atoms with Crippen molar-refractivity contribution in [1.29, 1.82) is 0 Å². The molecule has 2 unspecified atom stereocenters. The van der Waals surface area contributed by atoms with Gasteiger partial charge in [0.2, 0.25) is 5.91 Å². The van der Waals surface area contributed by atoms with Crippen LogP contribution >= 0.6 is 0 Å². The van der Waals surface area contributed by atoms with Gasteiger partial charge in [0.1, 0.15) is 11.9 Å². The van der Waals surface area contributed by atoms with Crippen molar-refractivity contribution >= 4 is 5.91 Å². The molecule has 2 atom stereocenters. The van der Waals surface area contributed by atoms with Crippen LogP contribution in [0, 0.1) is 6.92 Å². The van der Waals surface area contributed by atoms with Crippen molar-refractivity contribution in [2.75, 3.05) is 13.7 Å². The van der Waals surface area contributed by atoms with Crippen LogP contribution in [0.3, 0.4) is 0 Å². The van der Waals surface area contributed by atoms with Gasteiger partial charge < -0.3 is 9.64 Å². The average Bonchev–Trinajstić information content (AvgIpc) is 2.75. The Bertz CT molecular complexity index is 502. The Morgan fingerprint density at radius 3 is 2.71 bits per heavy atom. The fourth-order valence-corrected chi connectivity index (χ4v) is 2.89. The van der Waals surface area contributed by atoms with Gasteiger partial charge in [-0.05, 0) is 43.5 Å². The topological polar surface area (TPSA) is 41.6 Å². The SMILES string of the molecule is CCCCCN1C(=O)C(C)NC1c1ccc(OC)c(C)c1. The molecule has 1 amide bonds. The maximum absolute atomic E-state index is 12.3. The van der Waals surface area contributed by atoms with Gasteiger partial charge in [-0.25, -0.2) is 0 Å². The molecule has 0 spiro atoms. The minimum atomic E-state index is -0.112. The van der Waals surface area contributed by atoms with Crippen LogP contribution < -0.4 is 10.1 Å². The quantitative estimate of drug-likeness (QED) is 0.819. The van der Waals surface area contributed by atoms with Crippen molar-refractivity contribution < 1.29 is 9.53 Å². The van der Waals surface area contributed by atoms with Crippen molar-refractivity contribution in [3.63, 3.8) is 0 Å². The van der Waals surface area contributed by atoms with E-state index in [2.05, 4.69) is 18.3 Å². The maximum atomic E-state index is 12.3. The summed E-state index contributed by atoms with van der Waals surface area (Å²) in [5.41, 5.74) is 2.22. The van der Waals surface area contributed by atoms with Gasteiger partial charge in [-0.15, -0.1) is 0 Å². The van der Waals surface area contributed by atoms with E-state index in [1.54, 1.807) is 7.11 Å². The van der Waals surface area contributed by atoms with E-state index < -0.39 is 0 Å². The lowest BCUT2D eigenvalue weighted by atomic mass is 10.1. The minimum absolute atomic E-state index is 0.0195. The predicted molar refractivity (Wildman–Crippen MR) is 84.3 cm³/mol. The highest BCUT2D eigenvalue weighted by molar-refractivity contribution is 5.84. The van der Waals surface area contributed by atoms with Gasteiger partial charge in [0, 0.05) is 6.54 Å². The number of ether oxygens (including phenoxy) is 1. The first kappa shape index (κ1) is 15.8. The summed E-state index contributed by atoms with van der Waals surface area (Å²) < 4.78 is 5.31. The van der Waals surface area contributed by atoms with Crippen molar-refractivity contribution in [3.8, 4) is 5.75 Å². The van der Waals surface area contributed by atoms with Crippen LogP contribution in [0.2, 0.25) is 0 Å². The van der Waals surface area contributed by atoms with Crippen LogP contribution in [0.5, 0.6) is 5.75 Å². The summed E-state index contributed by atoms with van der Waals surface area (Å²) in [6.07, 6.45) is 3.36. The number of unbranched alkanes of at least 4 members (excludes halogenated alkanes) is 2. The number of hydrogen-bond donors (Lipinski definition) is 1. The predicted octanol–water partition coefficient (Wildman–Crippen LogP) is 3.01.